The maximum atomic E-state index is 12.4. The van der Waals surface area contributed by atoms with Crippen LogP contribution < -0.4 is 0 Å². The fourth-order valence-corrected chi connectivity index (χ4v) is 9.77. The number of esters is 2. The number of hydrogen-bond donors (Lipinski definition) is 0. The van der Waals surface area contributed by atoms with Gasteiger partial charge >= 0.3 is 11.9 Å². The molecule has 4 saturated carbocycles. The molecule has 0 spiro atoms. The Morgan fingerprint density at radius 3 is 2.39 bits per heavy atom. The average molecular weight is 499 g/mol. The molecular weight excluding hydrogens is 452 g/mol. The van der Waals surface area contributed by atoms with Gasteiger partial charge in [-0.05, 0) is 99.9 Å². The van der Waals surface area contributed by atoms with Crippen LogP contribution in [0.5, 0.6) is 0 Å². The van der Waals surface area contributed by atoms with Gasteiger partial charge in [0.2, 0.25) is 0 Å². The van der Waals surface area contributed by atoms with Crippen LogP contribution in [0.4, 0.5) is 0 Å². The second kappa shape index (κ2) is 9.20. The highest BCUT2D eigenvalue weighted by atomic mass is 16.5. The van der Waals surface area contributed by atoms with Gasteiger partial charge in [0, 0.05) is 31.6 Å². The third kappa shape index (κ3) is 4.04. The van der Waals surface area contributed by atoms with Crippen LogP contribution in [0, 0.1) is 40.4 Å². The van der Waals surface area contributed by atoms with Crippen molar-refractivity contribution in [1.29, 1.82) is 0 Å². The van der Waals surface area contributed by atoms with Gasteiger partial charge < -0.3 is 14.2 Å². The summed E-state index contributed by atoms with van der Waals surface area (Å²) in [6.45, 7) is 16.4. The van der Waals surface area contributed by atoms with Gasteiger partial charge in [-0.2, -0.15) is 0 Å². The SMILES string of the molecule is C=C(C)CCC1=C(C)[C@H]2[C@H](C[C@H]3[C@@H]4CC[C@H]5C[C@@H](OC(C)=O)CC[C@]5(C)[C@H]4C[C@@H](OC(C)=O)[C@@]32C)O1. The number of carbonyl (C=O) groups is 2. The van der Waals surface area contributed by atoms with Crippen LogP contribution in [-0.4, -0.2) is 30.3 Å². The quantitative estimate of drug-likeness (QED) is 0.310. The predicted molar refractivity (Wildman–Crippen MR) is 139 cm³/mol. The topological polar surface area (TPSA) is 61.8 Å². The zero-order valence-electron chi connectivity index (χ0n) is 23.2. The number of allylic oxidation sites excluding steroid dienone is 2. The van der Waals surface area contributed by atoms with Crippen LogP contribution in [0.1, 0.15) is 99.3 Å². The highest BCUT2D eigenvalue weighted by molar-refractivity contribution is 5.66. The molecule has 200 valence electrons. The lowest BCUT2D eigenvalue weighted by atomic mass is 9.44. The van der Waals surface area contributed by atoms with Gasteiger partial charge in [0.15, 0.2) is 0 Å². The zero-order valence-corrected chi connectivity index (χ0v) is 23.2. The molecule has 1 heterocycles. The van der Waals surface area contributed by atoms with Crippen molar-refractivity contribution in [1.82, 2.24) is 0 Å². The lowest BCUT2D eigenvalue weighted by Gasteiger charge is -2.62. The Bertz CT molecular complexity index is 966. The van der Waals surface area contributed by atoms with Crippen LogP contribution in [-0.2, 0) is 23.8 Å². The van der Waals surface area contributed by atoms with E-state index in [1.165, 1.54) is 30.9 Å². The van der Waals surface area contributed by atoms with E-state index in [0.29, 0.717) is 29.6 Å². The first kappa shape index (κ1) is 25.9. The minimum atomic E-state index is -0.166. The number of rotatable bonds is 5. The first-order chi connectivity index (χ1) is 16.9. The van der Waals surface area contributed by atoms with Crippen molar-refractivity contribution in [2.24, 2.45) is 40.4 Å². The standard InChI is InChI=1S/C31H46O5/c1-17(2)8-11-26-18(3)29-27(36-26)15-25-23-10-9-21-14-22(34-19(4)32)12-13-30(21,6)24(23)16-28(31(25,29)7)35-20(5)33/h21-25,27-29H,1,8-16H2,2-7H3/t21-,22-,23+,24-,25-,27-,28+,29-,30-,31+/m0/s1. The van der Waals surface area contributed by atoms with Crippen molar-refractivity contribution in [2.45, 2.75) is 118 Å². The normalized spacial score (nSPS) is 45.1. The van der Waals surface area contributed by atoms with E-state index in [1.54, 1.807) is 6.92 Å². The number of hydrogen-bond acceptors (Lipinski definition) is 5. The molecule has 10 atom stereocenters. The predicted octanol–water partition coefficient (Wildman–Crippen LogP) is 6.76. The second-order valence-electron chi connectivity index (χ2n) is 13.3. The van der Waals surface area contributed by atoms with E-state index in [9.17, 15) is 9.59 Å². The maximum absolute atomic E-state index is 12.4. The first-order valence-electron chi connectivity index (χ1n) is 14.3. The highest BCUT2D eigenvalue weighted by Gasteiger charge is 2.68. The summed E-state index contributed by atoms with van der Waals surface area (Å²) in [4.78, 5) is 24.0. The third-order valence-corrected chi connectivity index (χ3v) is 11.3. The summed E-state index contributed by atoms with van der Waals surface area (Å²) in [5.74, 6) is 3.36. The minimum absolute atomic E-state index is 0.0555. The highest BCUT2D eigenvalue weighted by Crippen LogP contribution is 2.70. The van der Waals surface area contributed by atoms with E-state index in [-0.39, 0.29) is 41.1 Å². The minimum Gasteiger partial charge on any atom is -0.494 e. The number of ether oxygens (including phenoxy) is 3. The molecule has 0 aromatic rings. The van der Waals surface area contributed by atoms with Gasteiger partial charge in [-0.15, -0.1) is 6.58 Å². The molecular formula is C31H46O5. The van der Waals surface area contributed by atoms with Crippen molar-refractivity contribution in [3.63, 3.8) is 0 Å². The molecule has 36 heavy (non-hydrogen) atoms. The monoisotopic (exact) mass is 498 g/mol. The van der Waals surface area contributed by atoms with Gasteiger partial charge in [0.05, 0.1) is 5.76 Å². The van der Waals surface area contributed by atoms with Crippen molar-refractivity contribution >= 4 is 11.9 Å². The van der Waals surface area contributed by atoms with E-state index >= 15 is 0 Å². The summed E-state index contributed by atoms with van der Waals surface area (Å²) in [7, 11) is 0. The molecule has 0 aromatic heterocycles. The van der Waals surface area contributed by atoms with Gasteiger partial charge in [-0.3, -0.25) is 9.59 Å². The van der Waals surface area contributed by atoms with Crippen molar-refractivity contribution < 1.29 is 23.8 Å². The average Bonchev–Trinajstić information content (AvgIpc) is 3.26. The third-order valence-electron chi connectivity index (χ3n) is 11.3. The molecule has 0 amide bonds. The Hall–Kier alpha value is -1.78. The fraction of sp³-hybridized carbons (Fsp3) is 0.806. The molecule has 5 rings (SSSR count). The molecule has 5 heteroatoms. The fourth-order valence-electron chi connectivity index (χ4n) is 9.77. The molecule has 0 aromatic carbocycles. The Balaban J connectivity index is 1.45. The first-order valence-corrected chi connectivity index (χ1v) is 14.3. The van der Waals surface area contributed by atoms with Crippen molar-refractivity contribution in [3.05, 3.63) is 23.5 Å². The summed E-state index contributed by atoms with van der Waals surface area (Å²) >= 11 is 0. The van der Waals surface area contributed by atoms with Crippen LogP contribution in [0.25, 0.3) is 0 Å². The molecule has 5 aliphatic rings. The van der Waals surface area contributed by atoms with E-state index in [2.05, 4.69) is 34.3 Å². The zero-order chi connectivity index (χ0) is 26.0. The lowest BCUT2D eigenvalue weighted by Crippen LogP contribution is -2.59. The summed E-state index contributed by atoms with van der Waals surface area (Å²) in [5, 5.41) is 0. The molecule has 0 unspecified atom stereocenters. The van der Waals surface area contributed by atoms with Gasteiger partial charge in [-0.1, -0.05) is 19.4 Å². The van der Waals surface area contributed by atoms with Crippen LogP contribution in [0.15, 0.2) is 23.5 Å². The molecule has 0 saturated heterocycles. The van der Waals surface area contributed by atoms with E-state index < -0.39 is 0 Å². The summed E-state index contributed by atoms with van der Waals surface area (Å²) in [5.41, 5.74) is 2.68. The Labute approximate surface area is 217 Å². The van der Waals surface area contributed by atoms with E-state index in [4.69, 9.17) is 14.2 Å². The molecule has 0 bridgehead atoms. The van der Waals surface area contributed by atoms with Crippen LogP contribution >= 0.6 is 0 Å². The second-order valence-corrected chi connectivity index (χ2v) is 13.3. The van der Waals surface area contributed by atoms with Gasteiger partial charge in [-0.25, -0.2) is 0 Å². The van der Waals surface area contributed by atoms with Gasteiger partial charge in [0.1, 0.15) is 18.3 Å². The van der Waals surface area contributed by atoms with Crippen LogP contribution in [0.3, 0.4) is 0 Å². The molecule has 5 nitrogen and oxygen atoms in total. The Morgan fingerprint density at radius 1 is 1.00 bits per heavy atom. The van der Waals surface area contributed by atoms with Gasteiger partial charge in [0.25, 0.3) is 0 Å². The van der Waals surface area contributed by atoms with Crippen molar-refractivity contribution in [2.75, 3.05) is 0 Å². The van der Waals surface area contributed by atoms with Crippen molar-refractivity contribution in [3.8, 4) is 0 Å². The smallest absolute Gasteiger partial charge is 0.302 e. The molecule has 1 aliphatic heterocycles. The van der Waals surface area contributed by atoms with Crippen LogP contribution in [0.2, 0.25) is 0 Å². The van der Waals surface area contributed by atoms with E-state index in [1.807, 2.05) is 0 Å². The molecule has 0 N–H and O–H groups in total. The Morgan fingerprint density at radius 2 is 1.72 bits per heavy atom. The molecule has 4 aliphatic carbocycles. The summed E-state index contributed by atoms with van der Waals surface area (Å²) in [6.07, 6.45) is 9.47. The maximum Gasteiger partial charge on any atom is 0.302 e. The summed E-state index contributed by atoms with van der Waals surface area (Å²) < 4.78 is 18.6. The summed E-state index contributed by atoms with van der Waals surface area (Å²) in [6, 6.07) is 0. The number of carbonyl (C=O) groups excluding carboxylic acids is 2. The molecule has 0 radical (unpaired) electrons. The molecule has 4 fully saturated rings. The van der Waals surface area contributed by atoms with E-state index in [0.717, 1.165) is 50.7 Å². The number of fused-ring (bicyclic) bond motifs is 7. The Kier molecular flexibility index (Phi) is 6.61. The lowest BCUT2D eigenvalue weighted by molar-refractivity contribution is -0.193. The largest absolute Gasteiger partial charge is 0.494 e.